The molecular weight excluding hydrogens is 490 g/mol. The van der Waals surface area contributed by atoms with Gasteiger partial charge in [0.25, 0.3) is 10.0 Å². The number of aryl methyl sites for hydroxylation is 2. The molecule has 0 spiro atoms. The van der Waals surface area contributed by atoms with Crippen molar-refractivity contribution in [3.05, 3.63) is 82.5 Å². The second-order valence-electron chi connectivity index (χ2n) is 8.44. The van der Waals surface area contributed by atoms with Crippen LogP contribution >= 0.6 is 0 Å². The Kier molecular flexibility index (Phi) is 5.54. The van der Waals surface area contributed by atoms with E-state index in [4.69, 9.17) is 4.52 Å². The summed E-state index contributed by atoms with van der Waals surface area (Å²) in [5, 5.41) is 9.90. The monoisotopic (exact) mass is 513 g/mol. The van der Waals surface area contributed by atoms with E-state index in [9.17, 15) is 16.8 Å². The molecule has 182 valence electrons. The Morgan fingerprint density at radius 1 is 1.11 bits per heavy atom. The zero-order valence-corrected chi connectivity index (χ0v) is 20.7. The Labute approximate surface area is 202 Å². The summed E-state index contributed by atoms with van der Waals surface area (Å²) in [6.45, 7) is 7.83. The summed E-state index contributed by atoms with van der Waals surface area (Å²) >= 11 is 0. The summed E-state index contributed by atoms with van der Waals surface area (Å²) in [6, 6.07) is 10.4. The highest BCUT2D eigenvalue weighted by Crippen LogP contribution is 2.31. The molecule has 1 aliphatic rings. The topological polar surface area (TPSA) is 127 Å². The molecule has 0 unspecified atom stereocenters. The molecule has 0 radical (unpaired) electrons. The fourth-order valence-corrected chi connectivity index (χ4v) is 6.40. The lowest BCUT2D eigenvalue weighted by atomic mass is 10.1. The smallest absolute Gasteiger partial charge is 0.263 e. The molecule has 0 amide bonds. The summed E-state index contributed by atoms with van der Waals surface area (Å²) < 4.78 is 61.3. The van der Waals surface area contributed by atoms with Crippen LogP contribution < -0.4 is 4.72 Å². The van der Waals surface area contributed by atoms with Gasteiger partial charge in [-0.3, -0.25) is 9.40 Å². The molecule has 2 aromatic heterocycles. The van der Waals surface area contributed by atoms with Gasteiger partial charge in [0.05, 0.1) is 35.3 Å². The molecule has 12 heteroatoms. The largest absolute Gasteiger partial charge is 0.354 e. The number of fused-ring (bicyclic) bond motifs is 2. The molecule has 10 nitrogen and oxygen atoms in total. The van der Waals surface area contributed by atoms with Crippen molar-refractivity contribution in [1.29, 1.82) is 0 Å². The van der Waals surface area contributed by atoms with Crippen LogP contribution in [-0.2, 0) is 39.7 Å². The van der Waals surface area contributed by atoms with Gasteiger partial charge in [-0.25, -0.2) is 16.8 Å². The molecular formula is C23H23N5O5S2. The summed E-state index contributed by atoms with van der Waals surface area (Å²) in [6.07, 6.45) is 1.67. The molecule has 1 N–H and O–H groups in total. The van der Waals surface area contributed by atoms with Crippen LogP contribution in [0.4, 0.5) is 5.82 Å². The maximum Gasteiger partial charge on any atom is 0.263 e. The van der Waals surface area contributed by atoms with E-state index < -0.39 is 20.0 Å². The zero-order valence-electron chi connectivity index (χ0n) is 19.1. The number of rotatable bonds is 7. The fourth-order valence-electron chi connectivity index (χ4n) is 4.32. The Hall–Kier alpha value is -3.48. The first-order valence-corrected chi connectivity index (χ1v) is 13.7. The number of hydrogen-bond donors (Lipinski definition) is 1. The number of nitrogens with zero attached hydrogens (tertiary/aromatic N) is 4. The Balaban J connectivity index is 1.42. The van der Waals surface area contributed by atoms with Crippen molar-refractivity contribution in [2.24, 2.45) is 0 Å². The van der Waals surface area contributed by atoms with Gasteiger partial charge in [-0.05, 0) is 42.7 Å². The molecule has 0 fully saturated rings. The van der Waals surface area contributed by atoms with Crippen LogP contribution in [0.15, 0.2) is 64.0 Å². The van der Waals surface area contributed by atoms with Crippen LogP contribution in [0.5, 0.6) is 0 Å². The minimum absolute atomic E-state index is 0.123. The lowest BCUT2D eigenvalue weighted by Crippen LogP contribution is -2.24. The average Bonchev–Trinajstić information content (AvgIpc) is 3.50. The number of sulfonamides is 2. The van der Waals surface area contributed by atoms with Gasteiger partial charge >= 0.3 is 0 Å². The number of aromatic nitrogens is 3. The van der Waals surface area contributed by atoms with Crippen LogP contribution in [0, 0.1) is 13.8 Å². The van der Waals surface area contributed by atoms with Crippen molar-refractivity contribution >= 4 is 36.8 Å². The van der Waals surface area contributed by atoms with Gasteiger partial charge < -0.3 is 4.52 Å². The van der Waals surface area contributed by atoms with Gasteiger partial charge in [-0.15, -0.1) is 0 Å². The van der Waals surface area contributed by atoms with E-state index in [0.29, 0.717) is 23.1 Å². The number of nitrogens with one attached hydrogen (secondary N) is 1. The predicted molar refractivity (Wildman–Crippen MR) is 130 cm³/mol. The van der Waals surface area contributed by atoms with E-state index in [2.05, 4.69) is 21.6 Å². The summed E-state index contributed by atoms with van der Waals surface area (Å²) in [4.78, 5) is 0.172. The lowest BCUT2D eigenvalue weighted by molar-refractivity contribution is 0.426. The molecule has 0 saturated carbocycles. The van der Waals surface area contributed by atoms with Gasteiger partial charge in [-0.2, -0.15) is 9.40 Å². The number of benzene rings is 2. The summed E-state index contributed by atoms with van der Waals surface area (Å²) in [7, 11) is -7.37. The molecule has 0 atom stereocenters. The standard InChI is InChI=1S/C23H23N5O5S2/c1-4-34(29,30)27-13-18-11-24-28(19(18)14-27)12-17-9-16(3)22-20(10-17)33-25-23(22)26-35(31,32)21-8-6-5-7-15(21)2/h4-11H,1,12-14H2,2-3H3,(H,25,26). The third-order valence-electron chi connectivity index (χ3n) is 6.06. The highest BCUT2D eigenvalue weighted by Gasteiger charge is 2.30. The highest BCUT2D eigenvalue weighted by atomic mass is 32.2. The van der Waals surface area contributed by atoms with Crippen LogP contribution in [0.3, 0.4) is 0 Å². The van der Waals surface area contributed by atoms with Crippen LogP contribution in [0.1, 0.15) is 27.9 Å². The molecule has 1 aliphatic heterocycles. The average molecular weight is 514 g/mol. The van der Waals surface area contributed by atoms with Gasteiger partial charge in [0.2, 0.25) is 10.0 Å². The van der Waals surface area contributed by atoms with Crippen molar-refractivity contribution in [2.75, 3.05) is 4.72 Å². The summed E-state index contributed by atoms with van der Waals surface area (Å²) in [5.74, 6) is 0.123. The molecule has 35 heavy (non-hydrogen) atoms. The van der Waals surface area contributed by atoms with Gasteiger partial charge in [0, 0.05) is 17.5 Å². The van der Waals surface area contributed by atoms with E-state index in [1.165, 1.54) is 10.4 Å². The van der Waals surface area contributed by atoms with E-state index in [-0.39, 0.29) is 23.8 Å². The SMILES string of the molecule is C=CS(=O)(=O)N1Cc2cnn(Cc3cc(C)c4c(NS(=O)(=O)c5ccccc5C)noc4c3)c2C1. The van der Waals surface area contributed by atoms with Gasteiger partial charge in [0.15, 0.2) is 11.4 Å². The van der Waals surface area contributed by atoms with Crippen LogP contribution in [-0.4, -0.2) is 36.1 Å². The molecule has 0 bridgehead atoms. The first-order valence-electron chi connectivity index (χ1n) is 10.7. The van der Waals surface area contributed by atoms with E-state index >= 15 is 0 Å². The quantitative estimate of drug-likeness (QED) is 0.402. The van der Waals surface area contributed by atoms with Crippen LogP contribution in [0.2, 0.25) is 0 Å². The third-order valence-corrected chi connectivity index (χ3v) is 8.95. The van der Waals surface area contributed by atoms with Crippen molar-refractivity contribution in [3.8, 4) is 0 Å². The van der Waals surface area contributed by atoms with Crippen LogP contribution in [0.25, 0.3) is 11.0 Å². The van der Waals surface area contributed by atoms with Crippen molar-refractivity contribution in [1.82, 2.24) is 19.2 Å². The van der Waals surface area contributed by atoms with Gasteiger partial charge in [0.1, 0.15) is 0 Å². The van der Waals surface area contributed by atoms with E-state index in [1.54, 1.807) is 42.1 Å². The minimum Gasteiger partial charge on any atom is -0.354 e. The molecule has 0 aliphatic carbocycles. The lowest BCUT2D eigenvalue weighted by Gasteiger charge is -2.13. The fraction of sp³-hybridized carbons (Fsp3) is 0.217. The molecule has 0 saturated heterocycles. The third kappa shape index (κ3) is 4.13. The number of anilines is 1. The first kappa shape index (κ1) is 23.3. The second kappa shape index (κ2) is 8.33. The Morgan fingerprint density at radius 2 is 1.89 bits per heavy atom. The van der Waals surface area contributed by atoms with E-state index in [0.717, 1.165) is 27.8 Å². The minimum atomic E-state index is -3.85. The number of hydrogen-bond acceptors (Lipinski definition) is 7. The van der Waals surface area contributed by atoms with E-state index in [1.807, 2.05) is 13.0 Å². The predicted octanol–water partition coefficient (Wildman–Crippen LogP) is 3.28. The summed E-state index contributed by atoms with van der Waals surface area (Å²) in [5.41, 5.74) is 4.36. The molecule has 4 aromatic rings. The molecule has 5 rings (SSSR count). The first-order chi connectivity index (χ1) is 16.6. The van der Waals surface area contributed by atoms with Gasteiger partial charge in [-0.1, -0.05) is 36.0 Å². The normalized spacial score (nSPS) is 14.3. The van der Waals surface area contributed by atoms with Crippen molar-refractivity contribution < 1.29 is 21.4 Å². The van der Waals surface area contributed by atoms with Crippen molar-refractivity contribution in [3.63, 3.8) is 0 Å². The Morgan fingerprint density at radius 3 is 2.63 bits per heavy atom. The highest BCUT2D eigenvalue weighted by molar-refractivity contribution is 7.92. The zero-order chi connectivity index (χ0) is 25.0. The maximum atomic E-state index is 12.9. The molecule has 2 aromatic carbocycles. The maximum absolute atomic E-state index is 12.9. The van der Waals surface area contributed by atoms with Crippen molar-refractivity contribution in [2.45, 2.75) is 38.4 Å². The Bertz CT molecular complexity index is 1690. The molecule has 3 heterocycles. The second-order valence-corrected chi connectivity index (χ2v) is 12.0.